The minimum Gasteiger partial charge on any atom is -0.454 e. The third-order valence-electron chi connectivity index (χ3n) is 3.39. The molecule has 0 unspecified atom stereocenters. The number of rotatable bonds is 4. The van der Waals surface area contributed by atoms with Crippen LogP contribution in [0.25, 0.3) is 6.08 Å². The van der Waals surface area contributed by atoms with Crippen LogP contribution < -0.4 is 14.8 Å². The number of carbonyl (C=O) groups is 2. The first kappa shape index (κ1) is 14.8. The number of ketones is 1. The lowest BCUT2D eigenvalue weighted by molar-refractivity contribution is -0.111. The summed E-state index contributed by atoms with van der Waals surface area (Å²) in [6, 6.07) is 12.3. The predicted octanol–water partition coefficient (Wildman–Crippen LogP) is 3.27. The summed E-state index contributed by atoms with van der Waals surface area (Å²) in [6.45, 7) is 1.68. The Kier molecular flexibility index (Phi) is 4.10. The highest BCUT2D eigenvalue weighted by Gasteiger charge is 2.12. The average Bonchev–Trinajstić information content (AvgIpc) is 3.01. The van der Waals surface area contributed by atoms with Gasteiger partial charge in [0, 0.05) is 11.6 Å². The van der Waals surface area contributed by atoms with E-state index in [-0.39, 0.29) is 18.5 Å². The van der Waals surface area contributed by atoms with Crippen molar-refractivity contribution in [3.05, 3.63) is 59.7 Å². The Morgan fingerprint density at radius 1 is 1.09 bits per heavy atom. The number of hydrogen-bond donors (Lipinski definition) is 1. The molecule has 0 bridgehead atoms. The van der Waals surface area contributed by atoms with E-state index in [1.165, 1.54) is 13.0 Å². The van der Waals surface area contributed by atoms with Gasteiger partial charge in [0.1, 0.15) is 0 Å². The Bertz CT molecular complexity index is 795. The fourth-order valence-corrected chi connectivity index (χ4v) is 2.26. The van der Waals surface area contributed by atoms with Crippen molar-refractivity contribution in [2.75, 3.05) is 12.1 Å². The van der Waals surface area contributed by atoms with Gasteiger partial charge in [0.25, 0.3) is 0 Å². The molecule has 23 heavy (non-hydrogen) atoms. The van der Waals surface area contributed by atoms with Gasteiger partial charge in [0.2, 0.25) is 12.7 Å². The number of para-hydroxylation sites is 1. The summed E-state index contributed by atoms with van der Waals surface area (Å²) in [7, 11) is 0. The number of hydrogen-bond acceptors (Lipinski definition) is 4. The summed E-state index contributed by atoms with van der Waals surface area (Å²) < 4.78 is 10.5. The van der Waals surface area contributed by atoms with Gasteiger partial charge in [0.15, 0.2) is 17.3 Å². The highest BCUT2D eigenvalue weighted by Crippen LogP contribution is 2.32. The molecule has 1 N–H and O–H groups in total. The van der Waals surface area contributed by atoms with Crippen molar-refractivity contribution in [1.82, 2.24) is 0 Å². The van der Waals surface area contributed by atoms with Gasteiger partial charge in [-0.15, -0.1) is 0 Å². The van der Waals surface area contributed by atoms with E-state index < -0.39 is 0 Å². The van der Waals surface area contributed by atoms with Crippen molar-refractivity contribution >= 4 is 23.5 Å². The van der Waals surface area contributed by atoms with E-state index in [2.05, 4.69) is 5.32 Å². The maximum Gasteiger partial charge on any atom is 0.248 e. The van der Waals surface area contributed by atoms with Crippen LogP contribution in [0.5, 0.6) is 11.5 Å². The van der Waals surface area contributed by atoms with Gasteiger partial charge in [-0.05, 0) is 42.8 Å². The topological polar surface area (TPSA) is 64.6 Å². The largest absolute Gasteiger partial charge is 0.454 e. The quantitative estimate of drug-likeness (QED) is 0.695. The van der Waals surface area contributed by atoms with E-state index in [0.717, 1.165) is 5.56 Å². The Labute approximate surface area is 133 Å². The molecule has 5 heteroatoms. The molecule has 116 valence electrons. The van der Waals surface area contributed by atoms with E-state index in [0.29, 0.717) is 22.7 Å². The fourth-order valence-electron chi connectivity index (χ4n) is 2.26. The molecule has 2 aromatic carbocycles. The molecule has 0 spiro atoms. The smallest absolute Gasteiger partial charge is 0.248 e. The van der Waals surface area contributed by atoms with Gasteiger partial charge in [-0.2, -0.15) is 0 Å². The first-order valence-electron chi connectivity index (χ1n) is 7.12. The van der Waals surface area contributed by atoms with Crippen LogP contribution >= 0.6 is 0 Å². The van der Waals surface area contributed by atoms with Crippen molar-refractivity contribution in [1.29, 1.82) is 0 Å². The summed E-state index contributed by atoms with van der Waals surface area (Å²) in [5.74, 6) is 0.952. The predicted molar refractivity (Wildman–Crippen MR) is 86.7 cm³/mol. The minimum absolute atomic E-state index is 0.0966. The van der Waals surface area contributed by atoms with Crippen LogP contribution in [0.1, 0.15) is 22.8 Å². The van der Waals surface area contributed by atoms with Crippen molar-refractivity contribution in [2.45, 2.75) is 6.92 Å². The van der Waals surface area contributed by atoms with Crippen LogP contribution in [0.2, 0.25) is 0 Å². The zero-order valence-corrected chi connectivity index (χ0v) is 12.5. The van der Waals surface area contributed by atoms with Gasteiger partial charge in [-0.3, -0.25) is 9.59 Å². The number of Topliss-reactive ketones (excluding diaryl/α,β-unsaturated/α-hetero) is 1. The second-order valence-electron chi connectivity index (χ2n) is 5.04. The summed E-state index contributed by atoms with van der Waals surface area (Å²) >= 11 is 0. The van der Waals surface area contributed by atoms with Gasteiger partial charge in [-0.25, -0.2) is 0 Å². The molecular weight excluding hydrogens is 294 g/mol. The Morgan fingerprint density at radius 3 is 2.70 bits per heavy atom. The Morgan fingerprint density at radius 2 is 1.87 bits per heavy atom. The standard InChI is InChI=1S/C18H15NO4/c1-12(20)14-4-2-3-5-15(14)19-18(21)9-7-13-6-8-16-17(10-13)23-11-22-16/h2-10H,11H2,1H3,(H,19,21). The van der Waals surface area contributed by atoms with Crippen molar-refractivity contribution in [3.63, 3.8) is 0 Å². The molecule has 0 aliphatic carbocycles. The van der Waals surface area contributed by atoms with Crippen LogP contribution in [0.3, 0.4) is 0 Å². The second-order valence-corrected chi connectivity index (χ2v) is 5.04. The second kappa shape index (κ2) is 6.36. The van der Waals surface area contributed by atoms with Crippen LogP contribution in [-0.2, 0) is 4.79 Å². The van der Waals surface area contributed by atoms with E-state index in [9.17, 15) is 9.59 Å². The molecule has 0 atom stereocenters. The molecule has 3 rings (SSSR count). The molecule has 0 saturated carbocycles. The third kappa shape index (κ3) is 3.40. The number of nitrogens with one attached hydrogen (secondary N) is 1. The molecule has 2 aromatic rings. The number of ether oxygens (including phenoxy) is 2. The van der Waals surface area contributed by atoms with Gasteiger partial charge in [-0.1, -0.05) is 18.2 Å². The highest BCUT2D eigenvalue weighted by molar-refractivity contribution is 6.07. The lowest BCUT2D eigenvalue weighted by atomic mass is 10.1. The Hall–Kier alpha value is -3.08. The summed E-state index contributed by atoms with van der Waals surface area (Å²) in [5.41, 5.74) is 1.81. The summed E-state index contributed by atoms with van der Waals surface area (Å²) in [4.78, 5) is 23.6. The van der Waals surface area contributed by atoms with Gasteiger partial charge in [0.05, 0.1) is 5.69 Å². The molecular formula is C18H15NO4. The van der Waals surface area contributed by atoms with Crippen LogP contribution in [0.4, 0.5) is 5.69 Å². The Balaban J connectivity index is 1.71. The molecule has 1 amide bonds. The average molecular weight is 309 g/mol. The van der Waals surface area contributed by atoms with Crippen LogP contribution in [-0.4, -0.2) is 18.5 Å². The summed E-state index contributed by atoms with van der Waals surface area (Å²) in [5, 5.41) is 2.71. The van der Waals surface area contributed by atoms with E-state index >= 15 is 0 Å². The fraction of sp³-hybridized carbons (Fsp3) is 0.111. The number of benzene rings is 2. The minimum atomic E-state index is -0.309. The molecule has 1 aliphatic rings. The van der Waals surface area contributed by atoms with E-state index in [4.69, 9.17) is 9.47 Å². The lowest BCUT2D eigenvalue weighted by Crippen LogP contribution is -2.11. The number of anilines is 1. The van der Waals surface area contributed by atoms with Crippen molar-refractivity contribution < 1.29 is 19.1 Å². The molecule has 0 radical (unpaired) electrons. The SMILES string of the molecule is CC(=O)c1ccccc1NC(=O)C=Cc1ccc2c(c1)OCO2. The maximum absolute atomic E-state index is 12.0. The molecule has 0 saturated heterocycles. The molecule has 1 heterocycles. The zero-order chi connectivity index (χ0) is 16.2. The summed E-state index contributed by atoms with van der Waals surface area (Å²) in [6.07, 6.45) is 3.09. The molecule has 0 fully saturated rings. The van der Waals surface area contributed by atoms with Crippen molar-refractivity contribution in [2.24, 2.45) is 0 Å². The van der Waals surface area contributed by atoms with Gasteiger partial charge < -0.3 is 14.8 Å². The van der Waals surface area contributed by atoms with Gasteiger partial charge >= 0.3 is 0 Å². The normalized spacial score (nSPS) is 12.4. The highest BCUT2D eigenvalue weighted by atomic mass is 16.7. The third-order valence-corrected chi connectivity index (χ3v) is 3.39. The van der Waals surface area contributed by atoms with E-state index in [1.54, 1.807) is 42.5 Å². The monoisotopic (exact) mass is 309 g/mol. The maximum atomic E-state index is 12.0. The lowest BCUT2D eigenvalue weighted by Gasteiger charge is -2.06. The zero-order valence-electron chi connectivity index (χ0n) is 12.5. The van der Waals surface area contributed by atoms with Crippen molar-refractivity contribution in [3.8, 4) is 11.5 Å². The molecule has 0 aromatic heterocycles. The first-order valence-corrected chi connectivity index (χ1v) is 7.12. The number of amides is 1. The molecule has 5 nitrogen and oxygen atoms in total. The number of fused-ring (bicyclic) bond motifs is 1. The van der Waals surface area contributed by atoms with E-state index in [1.807, 2.05) is 6.07 Å². The van der Waals surface area contributed by atoms with Crippen LogP contribution in [0.15, 0.2) is 48.5 Å². The first-order chi connectivity index (χ1) is 11.1. The number of carbonyl (C=O) groups excluding carboxylic acids is 2. The van der Waals surface area contributed by atoms with Crippen LogP contribution in [0, 0.1) is 0 Å². The molecule has 1 aliphatic heterocycles.